The van der Waals surface area contributed by atoms with Crippen molar-refractivity contribution >= 4 is 16.7 Å². The number of thiol groups is 1. The standard InChI is InChI=1S/C16H17N5O2S/c17-11-21-9-13-14(10-21)19-16(18-7-4-8-24(22)23)20-15(13)12-5-2-1-3-6-12/h1-3,5-6,24H,4,7-10H2,(H,18,19,20). The summed E-state index contributed by atoms with van der Waals surface area (Å²) in [4.78, 5) is 10.7. The number of rotatable bonds is 6. The number of nitrogens with one attached hydrogen (secondary N) is 1. The highest BCUT2D eigenvalue weighted by Gasteiger charge is 2.25. The molecule has 0 unspecified atom stereocenters. The van der Waals surface area contributed by atoms with E-state index in [4.69, 9.17) is 5.26 Å². The van der Waals surface area contributed by atoms with Gasteiger partial charge in [0.05, 0.1) is 24.5 Å². The molecule has 24 heavy (non-hydrogen) atoms. The highest BCUT2D eigenvalue weighted by Crippen LogP contribution is 2.30. The molecule has 1 aliphatic rings. The Morgan fingerprint density at radius 2 is 2.00 bits per heavy atom. The summed E-state index contributed by atoms with van der Waals surface area (Å²) < 4.78 is 21.2. The monoisotopic (exact) mass is 343 g/mol. The molecule has 1 aliphatic heterocycles. The predicted octanol–water partition coefficient (Wildman–Crippen LogP) is 1.35. The largest absolute Gasteiger partial charge is 0.354 e. The Hall–Kier alpha value is -2.66. The third-order valence-corrected chi connectivity index (χ3v) is 4.45. The van der Waals surface area contributed by atoms with Crippen molar-refractivity contribution < 1.29 is 8.42 Å². The quantitative estimate of drug-likeness (QED) is 0.464. The van der Waals surface area contributed by atoms with Gasteiger partial charge in [-0.15, -0.1) is 0 Å². The minimum atomic E-state index is -2.36. The average Bonchev–Trinajstić information content (AvgIpc) is 3.02. The third-order valence-electron chi connectivity index (χ3n) is 3.77. The van der Waals surface area contributed by atoms with Crippen LogP contribution in [0, 0.1) is 11.5 Å². The summed E-state index contributed by atoms with van der Waals surface area (Å²) in [6.45, 7) is 1.46. The molecule has 0 saturated carbocycles. The summed E-state index contributed by atoms with van der Waals surface area (Å²) in [6, 6.07) is 9.78. The zero-order valence-electron chi connectivity index (χ0n) is 13.0. The van der Waals surface area contributed by atoms with Gasteiger partial charge in [0.15, 0.2) is 6.19 Å². The molecule has 0 fully saturated rings. The second-order valence-electron chi connectivity index (χ2n) is 5.48. The average molecular weight is 343 g/mol. The van der Waals surface area contributed by atoms with Crippen molar-refractivity contribution in [2.24, 2.45) is 0 Å². The van der Waals surface area contributed by atoms with Gasteiger partial charge in [-0.2, -0.15) is 5.26 Å². The molecule has 1 aromatic heterocycles. The molecule has 0 spiro atoms. The molecule has 8 heteroatoms. The van der Waals surface area contributed by atoms with E-state index in [2.05, 4.69) is 21.5 Å². The first-order chi connectivity index (χ1) is 11.7. The van der Waals surface area contributed by atoms with Gasteiger partial charge in [-0.25, -0.2) is 18.4 Å². The van der Waals surface area contributed by atoms with Crippen LogP contribution in [0.15, 0.2) is 30.3 Å². The Morgan fingerprint density at radius 1 is 1.21 bits per heavy atom. The molecular formula is C16H17N5O2S. The number of nitriles is 1. The van der Waals surface area contributed by atoms with Gasteiger partial charge in [0.25, 0.3) is 0 Å². The summed E-state index contributed by atoms with van der Waals surface area (Å²) in [6.07, 6.45) is 2.66. The van der Waals surface area contributed by atoms with E-state index >= 15 is 0 Å². The van der Waals surface area contributed by atoms with Crippen LogP contribution in [0.1, 0.15) is 17.7 Å². The highest BCUT2D eigenvalue weighted by atomic mass is 32.2. The molecule has 0 radical (unpaired) electrons. The minimum absolute atomic E-state index is 0.140. The fourth-order valence-corrected chi connectivity index (χ4v) is 3.06. The van der Waals surface area contributed by atoms with Gasteiger partial charge in [-0.3, -0.25) is 0 Å². The zero-order chi connectivity index (χ0) is 16.9. The van der Waals surface area contributed by atoms with Crippen LogP contribution in [-0.4, -0.2) is 35.6 Å². The van der Waals surface area contributed by atoms with Crippen molar-refractivity contribution in [2.45, 2.75) is 19.5 Å². The predicted molar refractivity (Wildman–Crippen MR) is 90.6 cm³/mol. The topological polar surface area (TPSA) is 99.0 Å². The molecule has 7 nitrogen and oxygen atoms in total. The Kier molecular flexibility index (Phi) is 4.91. The Morgan fingerprint density at radius 3 is 2.71 bits per heavy atom. The number of aromatic nitrogens is 2. The minimum Gasteiger partial charge on any atom is -0.354 e. The molecule has 0 amide bonds. The van der Waals surface area contributed by atoms with E-state index in [-0.39, 0.29) is 5.75 Å². The SMILES string of the molecule is N#CN1Cc2nc(NCCC[SH](=O)=O)nc(-c3ccccc3)c2C1. The lowest BCUT2D eigenvalue weighted by Gasteiger charge is -2.10. The van der Waals surface area contributed by atoms with Crippen LogP contribution < -0.4 is 5.32 Å². The molecule has 0 aliphatic carbocycles. The number of fused-ring (bicyclic) bond motifs is 1. The van der Waals surface area contributed by atoms with E-state index in [1.165, 1.54) is 0 Å². The fourth-order valence-electron chi connectivity index (χ4n) is 2.65. The Labute approximate surface area is 141 Å². The van der Waals surface area contributed by atoms with E-state index in [1.54, 1.807) is 4.90 Å². The summed E-state index contributed by atoms with van der Waals surface area (Å²) in [7, 11) is -2.36. The highest BCUT2D eigenvalue weighted by molar-refractivity contribution is 7.72. The first-order valence-corrected chi connectivity index (χ1v) is 8.99. The van der Waals surface area contributed by atoms with Gasteiger partial charge in [0.1, 0.15) is 10.7 Å². The van der Waals surface area contributed by atoms with Crippen molar-refractivity contribution in [3.05, 3.63) is 41.6 Å². The molecule has 0 saturated heterocycles. The molecule has 1 N–H and O–H groups in total. The van der Waals surface area contributed by atoms with Gasteiger partial charge in [0, 0.05) is 23.4 Å². The van der Waals surface area contributed by atoms with Crippen molar-refractivity contribution in [1.82, 2.24) is 14.9 Å². The molecule has 1 aromatic carbocycles. The van der Waals surface area contributed by atoms with Crippen molar-refractivity contribution in [2.75, 3.05) is 17.6 Å². The molecule has 124 valence electrons. The Bertz CT molecular complexity index is 838. The van der Waals surface area contributed by atoms with E-state index in [0.29, 0.717) is 32.0 Å². The first-order valence-electron chi connectivity index (χ1n) is 7.63. The molecule has 0 bridgehead atoms. The molecule has 3 rings (SSSR count). The maximum absolute atomic E-state index is 10.6. The van der Waals surface area contributed by atoms with Crippen molar-refractivity contribution in [1.29, 1.82) is 5.26 Å². The van der Waals surface area contributed by atoms with E-state index in [9.17, 15) is 8.42 Å². The number of hydrogen-bond donors (Lipinski definition) is 2. The molecule has 0 atom stereocenters. The summed E-state index contributed by atoms with van der Waals surface area (Å²) in [5.74, 6) is 0.606. The summed E-state index contributed by atoms with van der Waals surface area (Å²) >= 11 is 0. The van der Waals surface area contributed by atoms with Gasteiger partial charge in [0.2, 0.25) is 5.95 Å². The summed E-state index contributed by atoms with van der Waals surface area (Å²) in [5.41, 5.74) is 3.59. The van der Waals surface area contributed by atoms with Crippen LogP contribution in [0.25, 0.3) is 11.3 Å². The lowest BCUT2D eigenvalue weighted by atomic mass is 10.1. The van der Waals surface area contributed by atoms with Crippen LogP contribution in [0.2, 0.25) is 0 Å². The van der Waals surface area contributed by atoms with Crippen molar-refractivity contribution in [3.8, 4) is 17.5 Å². The fraction of sp³-hybridized carbons (Fsp3) is 0.312. The number of benzene rings is 1. The molecule has 2 heterocycles. The van der Waals surface area contributed by atoms with Crippen LogP contribution in [0.5, 0.6) is 0 Å². The smallest absolute Gasteiger partial charge is 0.223 e. The van der Waals surface area contributed by atoms with Gasteiger partial charge in [-0.05, 0) is 6.42 Å². The zero-order valence-corrected chi connectivity index (χ0v) is 13.9. The van der Waals surface area contributed by atoms with Crippen LogP contribution in [0.4, 0.5) is 5.95 Å². The summed E-state index contributed by atoms with van der Waals surface area (Å²) in [5, 5.41) is 12.2. The third kappa shape index (κ3) is 3.63. The van der Waals surface area contributed by atoms with Crippen LogP contribution in [0.3, 0.4) is 0 Å². The molecule has 2 aromatic rings. The number of hydrogen-bond acceptors (Lipinski definition) is 7. The van der Waals surface area contributed by atoms with Crippen molar-refractivity contribution in [3.63, 3.8) is 0 Å². The molecular weight excluding hydrogens is 326 g/mol. The van der Waals surface area contributed by atoms with E-state index < -0.39 is 10.7 Å². The maximum Gasteiger partial charge on any atom is 0.223 e. The van der Waals surface area contributed by atoms with Crippen LogP contribution >= 0.6 is 0 Å². The van der Waals surface area contributed by atoms with Crippen LogP contribution in [-0.2, 0) is 23.8 Å². The van der Waals surface area contributed by atoms with Gasteiger partial charge < -0.3 is 10.2 Å². The second kappa shape index (κ2) is 7.27. The first kappa shape index (κ1) is 16.2. The van der Waals surface area contributed by atoms with E-state index in [1.807, 2.05) is 30.3 Å². The van der Waals surface area contributed by atoms with E-state index in [0.717, 1.165) is 22.5 Å². The Balaban J connectivity index is 1.88. The van der Waals surface area contributed by atoms with Gasteiger partial charge in [-0.1, -0.05) is 30.3 Å². The number of anilines is 1. The number of nitrogens with zero attached hydrogens (tertiary/aromatic N) is 4. The normalized spacial score (nSPS) is 12.9. The maximum atomic E-state index is 10.6. The lowest BCUT2D eigenvalue weighted by Crippen LogP contribution is -2.10. The second-order valence-corrected chi connectivity index (χ2v) is 6.59. The lowest BCUT2D eigenvalue weighted by molar-refractivity contribution is 0.415. The van der Waals surface area contributed by atoms with Gasteiger partial charge >= 0.3 is 0 Å².